The van der Waals surface area contributed by atoms with Crippen LogP contribution in [-0.4, -0.2) is 121 Å². The van der Waals surface area contributed by atoms with Crippen molar-refractivity contribution in [3.8, 4) is 0 Å². The fourth-order valence-electron chi connectivity index (χ4n) is 2.92. The molecule has 0 bridgehead atoms. The highest BCUT2D eigenvalue weighted by molar-refractivity contribution is 4.91. The molecule has 2 heterocycles. The zero-order valence-corrected chi connectivity index (χ0v) is 14.9. The molecular weight excluding hydrogens is 372 g/mol. The van der Waals surface area contributed by atoms with Gasteiger partial charge in [0, 0.05) is 0 Å². The number of ether oxygens (including phenoxy) is 4. The van der Waals surface area contributed by atoms with E-state index < -0.39 is 80.4 Å². The van der Waals surface area contributed by atoms with Crippen LogP contribution >= 0.6 is 0 Å². The van der Waals surface area contributed by atoms with Gasteiger partial charge in [-0.05, 0) is 13.8 Å². The van der Waals surface area contributed by atoms with E-state index >= 15 is 0 Å². The summed E-state index contributed by atoms with van der Waals surface area (Å²) < 4.78 is 21.3. The van der Waals surface area contributed by atoms with Crippen LogP contribution in [0.25, 0.3) is 0 Å². The third-order valence-electron chi connectivity index (χ3n) is 4.50. The summed E-state index contributed by atoms with van der Waals surface area (Å²) in [4.78, 5) is 0. The standard InChI is InChI=1S/C15H28O12/c1-15(2,26-13-11(22)9(20)7(18)5(3-16)24-13)27-14-12(23)10(21)8(19)6(4-17)25-14/h5-14,16-23H,3-4H2,1-2H3/t5-,6-,7+,8+,9+,10+,11-,12-,13-,14-/m1/s1. The lowest BCUT2D eigenvalue weighted by molar-refractivity contribution is -0.405. The molecule has 160 valence electrons. The van der Waals surface area contributed by atoms with Gasteiger partial charge < -0.3 is 59.8 Å². The van der Waals surface area contributed by atoms with Crippen molar-refractivity contribution in [2.75, 3.05) is 13.2 Å². The fourth-order valence-corrected chi connectivity index (χ4v) is 2.92. The predicted molar refractivity (Wildman–Crippen MR) is 83.8 cm³/mol. The lowest BCUT2D eigenvalue weighted by Gasteiger charge is -2.45. The van der Waals surface area contributed by atoms with Crippen molar-refractivity contribution < 1.29 is 59.8 Å². The molecule has 0 aliphatic carbocycles. The molecule has 0 radical (unpaired) electrons. The van der Waals surface area contributed by atoms with Crippen LogP contribution in [0.2, 0.25) is 0 Å². The Kier molecular flexibility index (Phi) is 7.52. The second-order valence-electron chi connectivity index (χ2n) is 7.03. The van der Waals surface area contributed by atoms with Gasteiger partial charge in [-0.2, -0.15) is 0 Å². The summed E-state index contributed by atoms with van der Waals surface area (Å²) in [5.74, 6) is -1.62. The van der Waals surface area contributed by atoms with E-state index in [-0.39, 0.29) is 0 Å². The maximum absolute atomic E-state index is 10.0. The SMILES string of the molecule is CC(C)(O[C@H]1O[C@H](CO)[C@H](O)[C@H](O)[C@H]1O)O[C@H]1O[C@H](CO)[C@H](O)[C@H](O)[C@H]1O. The summed E-state index contributed by atoms with van der Waals surface area (Å²) in [7, 11) is 0. The van der Waals surface area contributed by atoms with Crippen molar-refractivity contribution >= 4 is 0 Å². The van der Waals surface area contributed by atoms with Crippen molar-refractivity contribution in [2.24, 2.45) is 0 Å². The lowest BCUT2D eigenvalue weighted by atomic mass is 9.99. The molecule has 0 spiro atoms. The van der Waals surface area contributed by atoms with E-state index in [0.717, 1.165) is 0 Å². The topological polar surface area (TPSA) is 199 Å². The first-order chi connectivity index (χ1) is 12.5. The van der Waals surface area contributed by atoms with Crippen LogP contribution in [0, 0.1) is 0 Å². The van der Waals surface area contributed by atoms with Crippen molar-refractivity contribution in [1.82, 2.24) is 0 Å². The normalized spacial score (nSPS) is 46.4. The first-order valence-corrected chi connectivity index (χ1v) is 8.49. The number of aliphatic hydroxyl groups is 8. The minimum absolute atomic E-state index is 0.640. The first kappa shape index (κ1) is 22.8. The Hall–Kier alpha value is -0.480. The summed E-state index contributed by atoms with van der Waals surface area (Å²) >= 11 is 0. The van der Waals surface area contributed by atoms with E-state index in [1.54, 1.807) is 0 Å². The molecule has 2 aliphatic rings. The maximum atomic E-state index is 10.0. The zero-order chi connectivity index (χ0) is 20.5. The summed E-state index contributed by atoms with van der Waals surface area (Å²) in [5, 5.41) is 77.5. The number of hydrogen-bond acceptors (Lipinski definition) is 12. The minimum atomic E-state index is -1.67. The van der Waals surface area contributed by atoms with Crippen LogP contribution in [0.15, 0.2) is 0 Å². The molecule has 0 aromatic heterocycles. The highest BCUT2D eigenvalue weighted by Gasteiger charge is 2.49. The Morgan fingerprint density at radius 3 is 1.26 bits per heavy atom. The van der Waals surface area contributed by atoms with E-state index in [0.29, 0.717) is 0 Å². The highest BCUT2D eigenvalue weighted by Crippen LogP contribution is 2.30. The van der Waals surface area contributed by atoms with Crippen molar-refractivity contribution in [1.29, 1.82) is 0 Å². The van der Waals surface area contributed by atoms with Crippen molar-refractivity contribution in [2.45, 2.75) is 81.0 Å². The van der Waals surface area contributed by atoms with E-state index in [1.165, 1.54) is 13.8 Å². The first-order valence-electron chi connectivity index (χ1n) is 8.49. The fraction of sp³-hybridized carbons (Fsp3) is 1.00. The molecular formula is C15H28O12. The summed E-state index contributed by atoms with van der Waals surface area (Å²) in [6.07, 6.45) is -15.1. The van der Waals surface area contributed by atoms with Gasteiger partial charge in [0.2, 0.25) is 0 Å². The molecule has 2 fully saturated rings. The molecule has 2 rings (SSSR count). The van der Waals surface area contributed by atoms with Crippen LogP contribution in [0.1, 0.15) is 13.8 Å². The average Bonchev–Trinajstić information content (AvgIpc) is 2.62. The Bertz CT molecular complexity index is 432. The Balaban J connectivity index is 2.05. The molecule has 0 saturated carbocycles. The van der Waals surface area contributed by atoms with E-state index in [2.05, 4.69) is 0 Å². The average molecular weight is 400 g/mol. The van der Waals surface area contributed by atoms with Crippen molar-refractivity contribution in [3.05, 3.63) is 0 Å². The van der Waals surface area contributed by atoms with Gasteiger partial charge in [-0.25, -0.2) is 0 Å². The zero-order valence-electron chi connectivity index (χ0n) is 14.9. The lowest BCUT2D eigenvalue weighted by Crippen LogP contribution is -2.62. The molecule has 8 N–H and O–H groups in total. The predicted octanol–water partition coefficient (Wildman–Crippen LogP) is -4.64. The molecule has 0 amide bonds. The van der Waals surface area contributed by atoms with Crippen LogP contribution in [0.3, 0.4) is 0 Å². The molecule has 0 aromatic rings. The molecule has 0 aromatic carbocycles. The molecule has 12 nitrogen and oxygen atoms in total. The second-order valence-corrected chi connectivity index (χ2v) is 7.03. The third kappa shape index (κ3) is 4.93. The molecule has 0 unspecified atom stereocenters. The van der Waals surface area contributed by atoms with Gasteiger partial charge in [0.05, 0.1) is 13.2 Å². The van der Waals surface area contributed by atoms with Crippen LogP contribution in [0.4, 0.5) is 0 Å². The van der Waals surface area contributed by atoms with Gasteiger partial charge in [-0.15, -0.1) is 0 Å². The maximum Gasteiger partial charge on any atom is 0.189 e. The van der Waals surface area contributed by atoms with Crippen molar-refractivity contribution in [3.63, 3.8) is 0 Å². The Labute approximate surface area is 155 Å². The summed E-state index contributed by atoms with van der Waals surface area (Å²) in [6, 6.07) is 0. The molecule has 27 heavy (non-hydrogen) atoms. The van der Waals surface area contributed by atoms with Gasteiger partial charge in [0.1, 0.15) is 48.8 Å². The van der Waals surface area contributed by atoms with Crippen LogP contribution in [0.5, 0.6) is 0 Å². The van der Waals surface area contributed by atoms with Gasteiger partial charge >= 0.3 is 0 Å². The van der Waals surface area contributed by atoms with Gasteiger partial charge in [0.25, 0.3) is 0 Å². The van der Waals surface area contributed by atoms with E-state index in [1.807, 2.05) is 0 Å². The Morgan fingerprint density at radius 2 is 0.963 bits per heavy atom. The quantitative estimate of drug-likeness (QED) is 0.199. The number of aliphatic hydroxyl groups excluding tert-OH is 8. The Morgan fingerprint density at radius 1 is 0.630 bits per heavy atom. The van der Waals surface area contributed by atoms with E-state index in [4.69, 9.17) is 18.9 Å². The minimum Gasteiger partial charge on any atom is -0.394 e. The largest absolute Gasteiger partial charge is 0.394 e. The molecule has 2 saturated heterocycles. The molecule has 12 heteroatoms. The second kappa shape index (κ2) is 8.90. The van der Waals surface area contributed by atoms with E-state index in [9.17, 15) is 40.9 Å². The van der Waals surface area contributed by atoms with Gasteiger partial charge in [-0.3, -0.25) is 0 Å². The summed E-state index contributed by atoms with van der Waals surface area (Å²) in [6.45, 7) is 1.43. The van der Waals surface area contributed by atoms with Crippen LogP contribution < -0.4 is 0 Å². The summed E-state index contributed by atoms with van der Waals surface area (Å²) in [5.41, 5.74) is 0. The van der Waals surface area contributed by atoms with Crippen LogP contribution in [-0.2, 0) is 18.9 Å². The molecule has 10 atom stereocenters. The molecule has 2 aliphatic heterocycles. The number of hydrogen-bond donors (Lipinski definition) is 8. The third-order valence-corrected chi connectivity index (χ3v) is 4.50. The highest BCUT2D eigenvalue weighted by atomic mass is 16.8. The smallest absolute Gasteiger partial charge is 0.189 e. The number of rotatable bonds is 6. The van der Waals surface area contributed by atoms with Gasteiger partial charge in [0.15, 0.2) is 18.4 Å². The van der Waals surface area contributed by atoms with Gasteiger partial charge in [-0.1, -0.05) is 0 Å². The monoisotopic (exact) mass is 400 g/mol.